The lowest BCUT2D eigenvalue weighted by atomic mass is 10.1. The van der Waals surface area contributed by atoms with Gasteiger partial charge in [0.1, 0.15) is 17.1 Å². The fraction of sp³-hybridized carbons (Fsp3) is 0. The predicted molar refractivity (Wildman–Crippen MR) is 59.0 cm³/mol. The second-order valence-corrected chi connectivity index (χ2v) is 2.78. The first-order valence-electron chi connectivity index (χ1n) is 4.14. The van der Waals surface area contributed by atoms with E-state index in [0.717, 1.165) is 0 Å². The molecule has 0 aliphatic heterocycles. The van der Waals surface area contributed by atoms with Crippen molar-refractivity contribution in [2.75, 3.05) is 16.4 Å². The second kappa shape index (κ2) is 5.58. The maximum atomic E-state index is 10.6. The van der Waals surface area contributed by atoms with Crippen molar-refractivity contribution < 1.29 is 15.6 Å². The number of rotatable bonds is 6. The third-order valence-corrected chi connectivity index (χ3v) is 2.03. The summed E-state index contributed by atoms with van der Waals surface area (Å²) in [6, 6.07) is 0. The summed E-state index contributed by atoms with van der Waals surface area (Å²) in [5.74, 6) is 0. The molecule has 0 aliphatic carbocycles. The molecule has 1 aromatic carbocycles. The van der Waals surface area contributed by atoms with Crippen molar-refractivity contribution >= 4 is 34.1 Å². The van der Waals surface area contributed by atoms with Crippen LogP contribution in [0, 0.1) is 14.7 Å². The van der Waals surface area contributed by atoms with Crippen LogP contribution >= 0.6 is 0 Å². The topological polar surface area (TPSA) is 185 Å². The van der Waals surface area contributed by atoms with Crippen molar-refractivity contribution in [1.82, 2.24) is 0 Å². The van der Waals surface area contributed by atoms with Gasteiger partial charge in [-0.1, -0.05) is 0 Å². The molecule has 0 bridgehead atoms. The highest BCUT2D eigenvalue weighted by atomic mass is 16.5. The van der Waals surface area contributed by atoms with E-state index in [-0.39, 0.29) is 0 Å². The highest BCUT2D eigenvalue weighted by Gasteiger charge is 2.26. The van der Waals surface area contributed by atoms with E-state index in [1.165, 1.54) is 16.4 Å². The van der Waals surface area contributed by atoms with E-state index >= 15 is 0 Å². The first kappa shape index (κ1) is 13.4. The van der Waals surface area contributed by atoms with E-state index in [9.17, 15) is 14.7 Å². The van der Waals surface area contributed by atoms with Gasteiger partial charge in [0.05, 0.1) is 0 Å². The molecule has 0 spiro atoms. The van der Waals surface area contributed by atoms with Gasteiger partial charge in [-0.25, -0.2) is 0 Å². The Morgan fingerprint density at radius 3 is 0.944 bits per heavy atom. The molecule has 0 amide bonds. The van der Waals surface area contributed by atoms with E-state index < -0.39 is 34.1 Å². The van der Waals surface area contributed by atoms with Crippen LogP contribution < -0.4 is 16.4 Å². The number of hydrogen-bond donors (Lipinski definition) is 6. The zero-order valence-electron chi connectivity index (χ0n) is 8.41. The van der Waals surface area contributed by atoms with Gasteiger partial charge in [-0.05, 0) is 15.5 Å². The summed E-state index contributed by atoms with van der Waals surface area (Å²) in [6.45, 7) is 0. The number of hydrogen-bond acceptors (Lipinski definition) is 12. The molecule has 96 valence electrons. The van der Waals surface area contributed by atoms with Gasteiger partial charge >= 0.3 is 0 Å². The van der Waals surface area contributed by atoms with Crippen molar-refractivity contribution in [1.29, 1.82) is 0 Å². The minimum Gasteiger partial charge on any atom is -0.291 e. The third kappa shape index (κ3) is 1.81. The van der Waals surface area contributed by atoms with Gasteiger partial charge < -0.3 is 0 Å². The lowest BCUT2D eigenvalue weighted by molar-refractivity contribution is 0.383. The van der Waals surface area contributed by atoms with Gasteiger partial charge in [0.25, 0.3) is 0 Å². The molecule has 0 saturated heterocycles. The molecule has 12 nitrogen and oxygen atoms in total. The maximum Gasteiger partial charge on any atom is 0.163 e. The number of nitroso groups, excluding NO2 is 3. The van der Waals surface area contributed by atoms with Gasteiger partial charge in [-0.3, -0.25) is 32.1 Å². The summed E-state index contributed by atoms with van der Waals surface area (Å²) in [6.07, 6.45) is 0. The molecular weight excluding hydrogens is 252 g/mol. The molecule has 1 aromatic rings. The molecule has 0 atom stereocenters. The monoisotopic (exact) mass is 258 g/mol. The smallest absolute Gasteiger partial charge is 0.163 e. The Balaban J connectivity index is 3.88. The number of anilines is 3. The van der Waals surface area contributed by atoms with Crippen LogP contribution in [-0.2, 0) is 0 Å². The number of nitrogens with one attached hydrogen (secondary N) is 3. The van der Waals surface area contributed by atoms with Crippen LogP contribution in [0.25, 0.3) is 0 Å². The first-order valence-corrected chi connectivity index (χ1v) is 4.14. The average Bonchev–Trinajstić information content (AvgIpc) is 2.43. The number of nitrogens with zero attached hydrogens (tertiary/aromatic N) is 3. The van der Waals surface area contributed by atoms with Crippen LogP contribution in [0.1, 0.15) is 0 Å². The van der Waals surface area contributed by atoms with Crippen molar-refractivity contribution in [3.05, 3.63) is 14.7 Å². The van der Waals surface area contributed by atoms with E-state index in [0.29, 0.717) is 0 Å². The van der Waals surface area contributed by atoms with Crippen LogP contribution in [0.3, 0.4) is 0 Å². The van der Waals surface area contributed by atoms with Gasteiger partial charge in [-0.15, -0.1) is 14.7 Å². The Morgan fingerprint density at radius 1 is 0.611 bits per heavy atom. The van der Waals surface area contributed by atoms with Crippen LogP contribution in [-0.4, -0.2) is 15.6 Å². The van der Waals surface area contributed by atoms with Crippen molar-refractivity contribution in [3.8, 4) is 0 Å². The van der Waals surface area contributed by atoms with E-state index in [4.69, 9.17) is 15.6 Å². The Kier molecular flexibility index (Phi) is 4.14. The van der Waals surface area contributed by atoms with E-state index in [1.54, 1.807) is 0 Å². The molecule has 0 unspecified atom stereocenters. The lowest BCUT2D eigenvalue weighted by Crippen LogP contribution is -2.01. The summed E-state index contributed by atoms with van der Waals surface area (Å²) in [5, 5.41) is 33.6. The largest absolute Gasteiger partial charge is 0.291 e. The molecule has 0 radical (unpaired) electrons. The van der Waals surface area contributed by atoms with Gasteiger partial charge in [0.2, 0.25) is 0 Å². The minimum atomic E-state index is -0.733. The summed E-state index contributed by atoms with van der Waals surface area (Å²) in [4.78, 5) is 31.7. The molecule has 0 saturated carbocycles. The molecular formula is C6H6N6O6. The SMILES string of the molecule is O=Nc1c(NO)c(N=O)c(NO)c(N=O)c1NO. The summed E-state index contributed by atoms with van der Waals surface area (Å²) in [5.41, 5.74) is 0.185. The maximum absolute atomic E-state index is 10.6. The summed E-state index contributed by atoms with van der Waals surface area (Å²) >= 11 is 0. The molecule has 0 aliphatic rings. The average molecular weight is 258 g/mol. The Bertz CT molecular complexity index is 411. The van der Waals surface area contributed by atoms with Gasteiger partial charge in [-0.2, -0.15) is 0 Å². The quantitative estimate of drug-likeness (QED) is 0.328. The van der Waals surface area contributed by atoms with Gasteiger partial charge in [0.15, 0.2) is 17.1 Å². The van der Waals surface area contributed by atoms with E-state index in [1.807, 2.05) is 0 Å². The Morgan fingerprint density at radius 2 is 0.833 bits per heavy atom. The first-order chi connectivity index (χ1) is 8.69. The minimum absolute atomic E-state index is 0.638. The molecule has 1 rings (SSSR count). The van der Waals surface area contributed by atoms with Crippen LogP contribution in [0.5, 0.6) is 0 Å². The molecule has 6 N–H and O–H groups in total. The second-order valence-electron chi connectivity index (χ2n) is 2.78. The van der Waals surface area contributed by atoms with Crippen LogP contribution in [0.15, 0.2) is 15.5 Å². The predicted octanol–water partition coefficient (Wildman–Crippen LogP) is 2.28. The molecule has 0 fully saturated rings. The zero-order valence-corrected chi connectivity index (χ0v) is 8.41. The summed E-state index contributed by atoms with van der Waals surface area (Å²) in [7, 11) is 0. The normalized spacial score (nSPS) is 9.50. The van der Waals surface area contributed by atoms with Gasteiger partial charge in [0, 0.05) is 0 Å². The molecule has 0 aromatic heterocycles. The van der Waals surface area contributed by atoms with Crippen LogP contribution in [0.2, 0.25) is 0 Å². The molecule has 18 heavy (non-hydrogen) atoms. The van der Waals surface area contributed by atoms with Crippen molar-refractivity contribution in [3.63, 3.8) is 0 Å². The number of benzene rings is 1. The fourth-order valence-corrected chi connectivity index (χ4v) is 1.30. The molecule has 0 heterocycles. The fourth-order valence-electron chi connectivity index (χ4n) is 1.30. The van der Waals surface area contributed by atoms with Crippen molar-refractivity contribution in [2.24, 2.45) is 15.5 Å². The Hall–Kier alpha value is -2.70. The highest BCUT2D eigenvalue weighted by molar-refractivity contribution is 6.03. The molecule has 12 heteroatoms. The van der Waals surface area contributed by atoms with Crippen LogP contribution in [0.4, 0.5) is 34.1 Å². The zero-order chi connectivity index (χ0) is 13.7. The lowest BCUT2D eigenvalue weighted by Gasteiger charge is -2.14. The van der Waals surface area contributed by atoms with E-state index in [2.05, 4.69) is 15.5 Å². The van der Waals surface area contributed by atoms with Crippen molar-refractivity contribution in [2.45, 2.75) is 0 Å². The Labute approximate surface area is 97.4 Å². The standard InChI is InChI=1S/C6H6N6O6/c13-7-1-2(8-14)4(10-16)6(12-18)5(11-17)3(1)9-15/h7,10-11,13,16-17H. The third-order valence-electron chi connectivity index (χ3n) is 2.03. The highest BCUT2D eigenvalue weighted by Crippen LogP contribution is 2.53. The summed E-state index contributed by atoms with van der Waals surface area (Å²) < 4.78 is 0.